The summed E-state index contributed by atoms with van der Waals surface area (Å²) in [4.78, 5) is 62.0. The highest BCUT2D eigenvalue weighted by molar-refractivity contribution is 5.91. The molecule has 0 aliphatic carbocycles. The van der Waals surface area contributed by atoms with Gasteiger partial charge in [-0.25, -0.2) is 15.1 Å². The fourth-order valence-corrected chi connectivity index (χ4v) is 5.54. The number of aromatic amines is 4. The van der Waals surface area contributed by atoms with Crippen LogP contribution in [0, 0.1) is 0 Å². The molecular weight excluding hydrogens is 681 g/mol. The lowest BCUT2D eigenvalue weighted by atomic mass is 10.1. The van der Waals surface area contributed by atoms with Gasteiger partial charge < -0.3 is 20.3 Å². The summed E-state index contributed by atoms with van der Waals surface area (Å²) in [6, 6.07) is 30.5. The van der Waals surface area contributed by atoms with E-state index in [4.69, 9.17) is 0 Å². The Bertz CT molecular complexity index is 2620. The molecule has 0 unspecified atom stereocenters. The maximum atomic E-state index is 11.7. The van der Waals surface area contributed by atoms with Crippen LogP contribution in [0.3, 0.4) is 0 Å². The van der Waals surface area contributed by atoms with Crippen LogP contribution in [0.4, 0.5) is 5.82 Å². The molecule has 0 saturated heterocycles. The molecule has 54 heavy (non-hydrogen) atoms. The number of benzene rings is 2. The summed E-state index contributed by atoms with van der Waals surface area (Å²) in [6.07, 6.45) is 4.98. The fraction of sp³-hybridized carbons (Fsp3) is 0.214. The van der Waals surface area contributed by atoms with Gasteiger partial charge in [0.2, 0.25) is 0 Å². The van der Waals surface area contributed by atoms with Crippen molar-refractivity contribution in [2.45, 2.75) is 53.4 Å². The lowest BCUT2D eigenvalue weighted by molar-refractivity contribution is 0.931. The molecule has 0 aliphatic heterocycles. The Kier molecular flexibility index (Phi) is 13.3. The molecule has 0 aliphatic rings. The lowest BCUT2D eigenvalue weighted by Gasteiger charge is -2.02. The molecule has 6 aromatic heterocycles. The quantitative estimate of drug-likeness (QED) is 0.116. The Hall–Kier alpha value is -6.69. The molecule has 2 aromatic carbocycles. The second-order valence-corrected chi connectivity index (χ2v) is 12.3. The number of H-pyrrole nitrogens is 4. The summed E-state index contributed by atoms with van der Waals surface area (Å²) >= 11 is 0. The van der Waals surface area contributed by atoms with Crippen LogP contribution in [0.1, 0.15) is 50.8 Å². The third-order valence-electron chi connectivity index (χ3n) is 8.51. The number of para-hydroxylation sites is 2. The molecule has 6 heterocycles. The van der Waals surface area contributed by atoms with E-state index in [1.807, 2.05) is 99.6 Å². The van der Waals surface area contributed by atoms with Crippen LogP contribution in [-0.4, -0.2) is 41.7 Å². The number of hydrogen-bond donors (Lipinski definition) is 5. The van der Waals surface area contributed by atoms with E-state index in [-0.39, 0.29) is 22.2 Å². The normalized spacial score (nSPS) is 10.5. The molecule has 0 radical (unpaired) electrons. The third kappa shape index (κ3) is 10.0. The molecule has 0 atom stereocenters. The predicted molar refractivity (Wildman–Crippen MR) is 219 cm³/mol. The van der Waals surface area contributed by atoms with Gasteiger partial charge in [0.05, 0.1) is 5.52 Å². The zero-order chi connectivity index (χ0) is 38.5. The summed E-state index contributed by atoms with van der Waals surface area (Å²) in [5, 5.41) is 13.3. The zero-order valence-electron chi connectivity index (χ0n) is 30.8. The Morgan fingerprint density at radius 3 is 1.83 bits per heavy atom. The maximum Gasteiger partial charge on any atom is 0.264 e. The number of anilines is 1. The second-order valence-electron chi connectivity index (χ2n) is 12.3. The van der Waals surface area contributed by atoms with Crippen LogP contribution < -0.4 is 27.6 Å². The molecule has 8 aromatic rings. The Balaban J connectivity index is 0.000000140. The summed E-state index contributed by atoms with van der Waals surface area (Å²) in [6.45, 7) is 8.87. The van der Waals surface area contributed by atoms with Crippen LogP contribution in [0.2, 0.25) is 0 Å². The molecule has 0 saturated carbocycles. The number of fused-ring (bicyclic) bond motifs is 4. The van der Waals surface area contributed by atoms with E-state index in [9.17, 15) is 19.2 Å². The molecule has 0 fully saturated rings. The van der Waals surface area contributed by atoms with Crippen LogP contribution in [0.15, 0.2) is 122 Å². The number of nitrogens with zero attached hydrogens (tertiary/aromatic N) is 3. The number of rotatable bonds is 6. The standard InChI is InChI=1S/C14H12N2O.C11H11NO.C10H10N2O.C7H11N3O/c1-2-9-7-11-8-10-5-3-4-6-12(10)15-13(11)16-14(9)17;1-2-8-7-9-5-3-4-6-10(9)12-11(8)13;1-2-7-6-8-4-3-5-11-9(8)12-10(7)13;1-2-5-8-6-3-4-7(11)10-9-6/h3-8H,2H2,1H3,(H,15,16,17);3-7H,2H2,1H3,(H,12,13);3-6H,2H2,1H3,(H,11,12,13);3-4H,2,5H2,1H3,(H,8,9)(H,10,11). The molecule has 276 valence electrons. The van der Waals surface area contributed by atoms with Gasteiger partial charge in [0.25, 0.3) is 22.2 Å². The number of hydrogen-bond acceptors (Lipinski definition) is 8. The lowest BCUT2D eigenvalue weighted by Crippen LogP contribution is -2.11. The topological polar surface area (TPSA) is 182 Å². The van der Waals surface area contributed by atoms with E-state index in [0.29, 0.717) is 17.1 Å². The number of nitrogens with one attached hydrogen (secondary N) is 5. The van der Waals surface area contributed by atoms with Crippen molar-refractivity contribution in [3.8, 4) is 0 Å². The zero-order valence-corrected chi connectivity index (χ0v) is 30.8. The van der Waals surface area contributed by atoms with Crippen molar-refractivity contribution in [1.29, 1.82) is 0 Å². The first-order valence-electron chi connectivity index (χ1n) is 18.0. The van der Waals surface area contributed by atoms with Gasteiger partial charge in [-0.05, 0) is 85.7 Å². The largest absolute Gasteiger partial charge is 0.369 e. The first-order chi connectivity index (χ1) is 26.2. The van der Waals surface area contributed by atoms with Gasteiger partial charge >= 0.3 is 0 Å². The van der Waals surface area contributed by atoms with Gasteiger partial charge in [0.15, 0.2) is 0 Å². The van der Waals surface area contributed by atoms with Gasteiger partial charge in [-0.3, -0.25) is 19.2 Å². The first-order valence-corrected chi connectivity index (χ1v) is 18.0. The summed E-state index contributed by atoms with van der Waals surface area (Å²) in [7, 11) is 0. The minimum atomic E-state index is -0.174. The van der Waals surface area contributed by atoms with Crippen molar-refractivity contribution in [2.75, 3.05) is 11.9 Å². The summed E-state index contributed by atoms with van der Waals surface area (Å²) < 4.78 is 0. The van der Waals surface area contributed by atoms with Gasteiger partial charge in [-0.15, -0.1) is 0 Å². The van der Waals surface area contributed by atoms with Crippen LogP contribution >= 0.6 is 0 Å². The fourth-order valence-electron chi connectivity index (χ4n) is 5.54. The van der Waals surface area contributed by atoms with Crippen molar-refractivity contribution in [3.63, 3.8) is 0 Å². The van der Waals surface area contributed by atoms with Crippen LogP contribution in [0.25, 0.3) is 43.9 Å². The SMILES string of the molecule is CCCNc1ccc(=O)[nH]n1.CCc1cc2cc3ccccc3nc2[nH]c1=O.CCc1cc2ccccc2[nH]c1=O.CCc1cc2cccnc2[nH]c1=O. The van der Waals surface area contributed by atoms with Gasteiger partial charge in [0, 0.05) is 57.2 Å². The Morgan fingerprint density at radius 2 is 1.17 bits per heavy atom. The molecule has 0 amide bonds. The summed E-state index contributed by atoms with van der Waals surface area (Å²) in [5.41, 5.74) is 5.36. The molecule has 12 heteroatoms. The minimum absolute atomic E-state index is 0.0289. The second kappa shape index (κ2) is 18.7. The van der Waals surface area contributed by atoms with Gasteiger partial charge in [0.1, 0.15) is 17.1 Å². The predicted octanol–water partition coefficient (Wildman–Crippen LogP) is 6.81. The Morgan fingerprint density at radius 1 is 0.574 bits per heavy atom. The first kappa shape index (κ1) is 38.5. The van der Waals surface area contributed by atoms with Gasteiger partial charge in [-0.2, -0.15) is 5.10 Å². The van der Waals surface area contributed by atoms with E-state index in [2.05, 4.69) is 53.4 Å². The molecule has 0 bridgehead atoms. The molecule has 8 rings (SSSR count). The summed E-state index contributed by atoms with van der Waals surface area (Å²) in [5.74, 6) is 0.714. The van der Waals surface area contributed by atoms with Crippen molar-refractivity contribution < 1.29 is 0 Å². The molecule has 5 N–H and O–H groups in total. The highest BCUT2D eigenvalue weighted by Crippen LogP contribution is 2.18. The van der Waals surface area contributed by atoms with Gasteiger partial charge in [-0.1, -0.05) is 64.1 Å². The third-order valence-corrected chi connectivity index (χ3v) is 8.51. The van der Waals surface area contributed by atoms with Crippen molar-refractivity contribution in [2.24, 2.45) is 0 Å². The van der Waals surface area contributed by atoms with Crippen molar-refractivity contribution in [1.82, 2.24) is 35.1 Å². The Labute approximate surface area is 310 Å². The smallest absolute Gasteiger partial charge is 0.264 e. The van der Waals surface area contributed by atoms with Crippen LogP contribution in [-0.2, 0) is 19.3 Å². The average Bonchev–Trinajstić information content (AvgIpc) is 3.20. The van der Waals surface area contributed by atoms with Crippen molar-refractivity contribution >= 4 is 49.7 Å². The van der Waals surface area contributed by atoms with E-state index in [1.165, 1.54) is 6.07 Å². The average molecular weight is 725 g/mol. The van der Waals surface area contributed by atoms with Crippen LogP contribution in [0.5, 0.6) is 0 Å². The number of aromatic nitrogens is 7. The minimum Gasteiger partial charge on any atom is -0.369 e. The van der Waals surface area contributed by atoms with E-state index >= 15 is 0 Å². The van der Waals surface area contributed by atoms with Crippen molar-refractivity contribution in [3.05, 3.63) is 161 Å². The highest BCUT2D eigenvalue weighted by Gasteiger charge is 2.04. The number of pyridine rings is 5. The monoisotopic (exact) mass is 724 g/mol. The molecule has 12 nitrogen and oxygen atoms in total. The van der Waals surface area contributed by atoms with E-state index in [0.717, 1.165) is 81.5 Å². The van der Waals surface area contributed by atoms with E-state index in [1.54, 1.807) is 12.3 Å². The van der Waals surface area contributed by atoms with E-state index < -0.39 is 0 Å². The maximum absolute atomic E-state index is 11.7. The molecular formula is C42H44N8O4. The number of aryl methyl sites for hydroxylation is 3. The molecule has 0 spiro atoms. The highest BCUT2D eigenvalue weighted by atomic mass is 16.1.